The average Bonchev–Trinajstić information content (AvgIpc) is 2.43. The van der Waals surface area contributed by atoms with Crippen molar-refractivity contribution in [2.75, 3.05) is 5.33 Å². The number of carbonyl (C=O) groups excluding carboxylic acids is 1. The smallest absolute Gasteiger partial charge is 0.251 e. The van der Waals surface area contributed by atoms with E-state index in [-0.39, 0.29) is 11.4 Å². The van der Waals surface area contributed by atoms with E-state index in [1.54, 1.807) is 18.2 Å². The molecule has 1 aromatic rings. The minimum atomic E-state index is -0.0958. The highest BCUT2D eigenvalue weighted by molar-refractivity contribution is 9.10. The molecule has 1 saturated carbocycles. The summed E-state index contributed by atoms with van der Waals surface area (Å²) in [7, 11) is 0. The summed E-state index contributed by atoms with van der Waals surface area (Å²) < 4.78 is 0.748. The maximum absolute atomic E-state index is 12.3. The topological polar surface area (TPSA) is 29.1 Å². The molecule has 1 aliphatic rings. The van der Waals surface area contributed by atoms with Gasteiger partial charge in [-0.05, 0) is 47.0 Å². The molecule has 0 spiro atoms. The molecule has 1 fully saturated rings. The lowest BCUT2D eigenvalue weighted by molar-refractivity contribution is 0.0886. The number of benzene rings is 1. The maximum Gasteiger partial charge on any atom is 0.251 e. The molecule has 2 rings (SSSR count). The Balaban J connectivity index is 2.12. The number of carbonyl (C=O) groups is 1. The van der Waals surface area contributed by atoms with Gasteiger partial charge in [-0.15, -0.1) is 0 Å². The number of halogens is 3. The van der Waals surface area contributed by atoms with Crippen LogP contribution in [-0.2, 0) is 0 Å². The molecular weight excluding hydrogens is 393 g/mol. The van der Waals surface area contributed by atoms with Gasteiger partial charge in [-0.1, -0.05) is 46.8 Å². The maximum atomic E-state index is 12.3. The Morgan fingerprint density at radius 1 is 1.32 bits per heavy atom. The summed E-state index contributed by atoms with van der Waals surface area (Å²) in [6.07, 6.45) is 5.70. The van der Waals surface area contributed by atoms with E-state index in [1.165, 1.54) is 19.3 Å². The summed E-state index contributed by atoms with van der Waals surface area (Å²) in [6, 6.07) is 5.26. The van der Waals surface area contributed by atoms with Crippen LogP contribution in [-0.4, -0.2) is 16.8 Å². The van der Waals surface area contributed by atoms with Gasteiger partial charge in [0.2, 0.25) is 0 Å². The van der Waals surface area contributed by atoms with E-state index in [9.17, 15) is 4.79 Å². The number of alkyl halides is 1. The van der Waals surface area contributed by atoms with Crippen molar-refractivity contribution in [1.29, 1.82) is 0 Å². The van der Waals surface area contributed by atoms with Gasteiger partial charge in [0, 0.05) is 15.4 Å². The lowest BCUT2D eigenvalue weighted by Gasteiger charge is -2.36. The molecule has 19 heavy (non-hydrogen) atoms. The van der Waals surface area contributed by atoms with E-state index in [0.717, 1.165) is 22.6 Å². The fraction of sp³-hybridized carbons (Fsp3) is 0.500. The fourth-order valence-corrected chi connectivity index (χ4v) is 3.67. The summed E-state index contributed by atoms with van der Waals surface area (Å²) in [4.78, 5) is 12.3. The van der Waals surface area contributed by atoms with Crippen LogP contribution in [0.5, 0.6) is 0 Å². The normalized spacial score (nSPS) is 18.1. The molecule has 1 aromatic carbocycles. The molecule has 2 nitrogen and oxygen atoms in total. The number of rotatable bonds is 3. The molecular formula is C14H16Br2ClNO. The summed E-state index contributed by atoms with van der Waals surface area (Å²) in [5, 5.41) is 4.62. The van der Waals surface area contributed by atoms with Crippen LogP contribution in [0.1, 0.15) is 42.5 Å². The van der Waals surface area contributed by atoms with E-state index in [1.807, 2.05) is 0 Å². The van der Waals surface area contributed by atoms with E-state index in [4.69, 9.17) is 11.6 Å². The van der Waals surface area contributed by atoms with Gasteiger partial charge in [0.05, 0.1) is 10.6 Å². The number of hydrogen-bond donors (Lipinski definition) is 1. The molecule has 0 atom stereocenters. The lowest BCUT2D eigenvalue weighted by Crippen LogP contribution is -2.51. The average molecular weight is 410 g/mol. The van der Waals surface area contributed by atoms with Crippen molar-refractivity contribution >= 4 is 49.4 Å². The van der Waals surface area contributed by atoms with Gasteiger partial charge >= 0.3 is 0 Å². The van der Waals surface area contributed by atoms with Gasteiger partial charge in [0.25, 0.3) is 5.91 Å². The zero-order chi connectivity index (χ0) is 13.9. The van der Waals surface area contributed by atoms with Crippen molar-refractivity contribution in [2.45, 2.75) is 37.6 Å². The first-order valence-corrected chi connectivity index (χ1v) is 8.69. The van der Waals surface area contributed by atoms with Crippen molar-refractivity contribution in [1.82, 2.24) is 5.32 Å². The lowest BCUT2D eigenvalue weighted by atomic mass is 9.83. The van der Waals surface area contributed by atoms with Crippen LogP contribution in [0.2, 0.25) is 5.02 Å². The standard InChI is InChI=1S/C14H16Br2ClNO/c15-9-14(6-2-1-3-7-14)18-13(19)10-4-5-12(17)11(16)8-10/h4-5,8H,1-3,6-7,9H2,(H,18,19). The monoisotopic (exact) mass is 407 g/mol. The van der Waals surface area contributed by atoms with Gasteiger partial charge in [0.1, 0.15) is 0 Å². The minimum Gasteiger partial charge on any atom is -0.346 e. The Labute approximate surface area is 135 Å². The van der Waals surface area contributed by atoms with E-state index >= 15 is 0 Å². The van der Waals surface area contributed by atoms with Gasteiger partial charge < -0.3 is 5.32 Å². The Kier molecular flexibility index (Phi) is 5.32. The van der Waals surface area contributed by atoms with Crippen molar-refractivity contribution in [2.24, 2.45) is 0 Å². The molecule has 5 heteroatoms. The van der Waals surface area contributed by atoms with Gasteiger partial charge in [-0.2, -0.15) is 0 Å². The summed E-state index contributed by atoms with van der Waals surface area (Å²) in [6.45, 7) is 0. The van der Waals surface area contributed by atoms with Crippen LogP contribution in [0, 0.1) is 0 Å². The van der Waals surface area contributed by atoms with Crippen molar-refractivity contribution in [3.63, 3.8) is 0 Å². The third-order valence-corrected chi connectivity index (χ3v) is 5.91. The minimum absolute atomic E-state index is 0.0290. The highest BCUT2D eigenvalue weighted by Crippen LogP contribution is 2.30. The van der Waals surface area contributed by atoms with Crippen LogP contribution in [0.3, 0.4) is 0 Å². The van der Waals surface area contributed by atoms with Crippen LogP contribution >= 0.6 is 43.5 Å². The van der Waals surface area contributed by atoms with E-state index < -0.39 is 0 Å². The Hall–Kier alpha value is -0.0600. The first-order chi connectivity index (χ1) is 9.06. The number of hydrogen-bond acceptors (Lipinski definition) is 1. The van der Waals surface area contributed by atoms with Crippen LogP contribution in [0.15, 0.2) is 22.7 Å². The van der Waals surface area contributed by atoms with Crippen LogP contribution < -0.4 is 5.32 Å². The largest absolute Gasteiger partial charge is 0.346 e. The molecule has 104 valence electrons. The number of nitrogens with one attached hydrogen (secondary N) is 1. The zero-order valence-corrected chi connectivity index (χ0v) is 14.4. The third kappa shape index (κ3) is 3.73. The second-order valence-corrected chi connectivity index (χ2v) is 6.88. The van der Waals surface area contributed by atoms with Crippen molar-refractivity contribution in [3.05, 3.63) is 33.3 Å². The fourth-order valence-electron chi connectivity index (χ4n) is 2.47. The summed E-state index contributed by atoms with van der Waals surface area (Å²) >= 11 is 12.8. The van der Waals surface area contributed by atoms with Gasteiger partial charge in [-0.25, -0.2) is 0 Å². The molecule has 0 saturated heterocycles. The van der Waals surface area contributed by atoms with Crippen molar-refractivity contribution in [3.8, 4) is 0 Å². The summed E-state index contributed by atoms with van der Waals surface area (Å²) in [5.74, 6) is -0.0290. The molecule has 0 radical (unpaired) electrons. The Bertz CT molecular complexity index is 473. The molecule has 0 aliphatic heterocycles. The molecule has 0 bridgehead atoms. The summed E-state index contributed by atoms with van der Waals surface area (Å²) in [5.41, 5.74) is 0.545. The zero-order valence-electron chi connectivity index (χ0n) is 10.5. The molecule has 0 aromatic heterocycles. The Morgan fingerprint density at radius 3 is 2.58 bits per heavy atom. The molecule has 1 amide bonds. The number of amides is 1. The predicted octanol–water partition coefficient (Wildman–Crippen LogP) is 4.93. The van der Waals surface area contributed by atoms with Gasteiger partial charge in [-0.3, -0.25) is 4.79 Å². The molecule has 0 unspecified atom stereocenters. The highest BCUT2D eigenvalue weighted by Gasteiger charge is 2.32. The second kappa shape index (κ2) is 6.59. The third-order valence-electron chi connectivity index (χ3n) is 3.63. The van der Waals surface area contributed by atoms with Crippen LogP contribution in [0.25, 0.3) is 0 Å². The molecule has 1 N–H and O–H groups in total. The SMILES string of the molecule is O=C(NC1(CBr)CCCCC1)c1ccc(Cl)c(Br)c1. The Morgan fingerprint density at radius 2 is 2.00 bits per heavy atom. The second-order valence-electron chi connectivity index (χ2n) is 5.06. The predicted molar refractivity (Wildman–Crippen MR) is 86.2 cm³/mol. The quantitative estimate of drug-likeness (QED) is 0.705. The van der Waals surface area contributed by atoms with E-state index in [0.29, 0.717) is 10.6 Å². The van der Waals surface area contributed by atoms with Crippen LogP contribution in [0.4, 0.5) is 0 Å². The molecule has 0 heterocycles. The first kappa shape index (κ1) is 15.3. The van der Waals surface area contributed by atoms with Gasteiger partial charge in [0.15, 0.2) is 0 Å². The highest BCUT2D eigenvalue weighted by atomic mass is 79.9. The van der Waals surface area contributed by atoms with E-state index in [2.05, 4.69) is 37.2 Å². The first-order valence-electron chi connectivity index (χ1n) is 6.40. The molecule has 1 aliphatic carbocycles. The van der Waals surface area contributed by atoms with Crippen molar-refractivity contribution < 1.29 is 4.79 Å².